The highest BCUT2D eigenvalue weighted by atomic mass is 35.5. The number of alkyl halides is 1. The molecular formula is C37H47ClF2N10O3. The Morgan fingerprint density at radius 3 is 2.38 bits per heavy atom. The fourth-order valence-corrected chi connectivity index (χ4v) is 6.23. The van der Waals surface area contributed by atoms with Gasteiger partial charge in [0.25, 0.3) is 0 Å². The second kappa shape index (κ2) is 17.6. The Balaban J connectivity index is 0.000000173. The van der Waals surface area contributed by atoms with Gasteiger partial charge < -0.3 is 25.6 Å². The van der Waals surface area contributed by atoms with E-state index in [1.165, 1.54) is 30.6 Å². The van der Waals surface area contributed by atoms with E-state index >= 15 is 0 Å². The van der Waals surface area contributed by atoms with Gasteiger partial charge in [0, 0.05) is 44.0 Å². The molecule has 53 heavy (non-hydrogen) atoms. The molecule has 0 spiro atoms. The molecule has 0 bridgehead atoms. The first-order valence-electron chi connectivity index (χ1n) is 17.8. The number of pyridine rings is 1. The molecule has 0 saturated carbocycles. The third-order valence-electron chi connectivity index (χ3n) is 9.61. The van der Waals surface area contributed by atoms with E-state index in [2.05, 4.69) is 50.4 Å². The summed E-state index contributed by atoms with van der Waals surface area (Å²) in [6.07, 6.45) is 9.14. The fourth-order valence-electron chi connectivity index (χ4n) is 5.96. The summed E-state index contributed by atoms with van der Waals surface area (Å²) in [4.78, 5) is 12.5. The summed E-state index contributed by atoms with van der Waals surface area (Å²) < 4.78 is 41.4. The number of anilines is 2. The van der Waals surface area contributed by atoms with Crippen molar-refractivity contribution >= 4 is 34.5 Å². The van der Waals surface area contributed by atoms with Crippen molar-refractivity contribution in [1.82, 2.24) is 34.2 Å². The lowest BCUT2D eigenvalue weighted by atomic mass is 9.89. The largest absolute Gasteiger partial charge is 0.391 e. The number of rotatable bonds is 7. The lowest BCUT2D eigenvalue weighted by Crippen LogP contribution is -2.29. The minimum absolute atomic E-state index is 0.0405. The van der Waals surface area contributed by atoms with Gasteiger partial charge in [0.2, 0.25) is 11.9 Å². The zero-order chi connectivity index (χ0) is 38.3. The van der Waals surface area contributed by atoms with E-state index in [1.54, 1.807) is 36.0 Å². The minimum atomic E-state index is -1.35. The van der Waals surface area contributed by atoms with Crippen molar-refractivity contribution in [3.63, 3.8) is 0 Å². The van der Waals surface area contributed by atoms with Gasteiger partial charge in [-0.15, -0.1) is 10.2 Å². The van der Waals surface area contributed by atoms with Gasteiger partial charge in [-0.1, -0.05) is 38.4 Å². The first kappa shape index (κ1) is 39.7. The number of ether oxygens (including phenoxy) is 2. The third-order valence-corrected chi connectivity index (χ3v) is 9.99. The molecule has 13 nitrogen and oxygen atoms in total. The molecule has 7 rings (SSSR count). The van der Waals surface area contributed by atoms with Crippen LogP contribution in [0.1, 0.15) is 95.4 Å². The number of nitrogens with one attached hydrogen (secondary N) is 1. The van der Waals surface area contributed by atoms with E-state index in [9.17, 15) is 14.0 Å². The van der Waals surface area contributed by atoms with Crippen LogP contribution in [0.25, 0.3) is 22.4 Å². The maximum Gasteiger partial charge on any atom is 0.241 e. The van der Waals surface area contributed by atoms with Crippen LogP contribution in [0.5, 0.6) is 0 Å². The van der Waals surface area contributed by atoms with Gasteiger partial charge in [0.1, 0.15) is 22.8 Å². The zero-order valence-corrected chi connectivity index (χ0v) is 31.4. The first-order chi connectivity index (χ1) is 25.3. The monoisotopic (exact) mass is 752 g/mol. The van der Waals surface area contributed by atoms with E-state index in [0.717, 1.165) is 63.2 Å². The molecule has 0 aromatic carbocycles. The minimum Gasteiger partial charge on any atom is -0.391 e. The molecule has 0 amide bonds. The van der Waals surface area contributed by atoms with Crippen LogP contribution in [0.3, 0.4) is 0 Å². The van der Waals surface area contributed by atoms with E-state index < -0.39 is 11.5 Å². The topological polar surface area (TPSA) is 174 Å². The quantitative estimate of drug-likeness (QED) is 0.158. The van der Waals surface area contributed by atoms with Crippen LogP contribution < -0.4 is 11.1 Å². The Labute approximate surface area is 312 Å². The smallest absolute Gasteiger partial charge is 0.241 e. The van der Waals surface area contributed by atoms with Crippen molar-refractivity contribution in [1.29, 1.82) is 5.26 Å². The molecule has 16 heteroatoms. The third kappa shape index (κ3) is 9.55. The van der Waals surface area contributed by atoms with Gasteiger partial charge >= 0.3 is 0 Å². The van der Waals surface area contributed by atoms with E-state index in [4.69, 9.17) is 31.9 Å². The molecule has 5 aromatic heterocycles. The highest BCUT2D eigenvalue weighted by Crippen LogP contribution is 2.34. The molecule has 0 aliphatic carbocycles. The molecule has 5 aromatic rings. The van der Waals surface area contributed by atoms with E-state index in [1.807, 2.05) is 0 Å². The molecule has 2 aliphatic heterocycles. The molecule has 2 saturated heterocycles. The van der Waals surface area contributed by atoms with Crippen LogP contribution in [-0.2, 0) is 9.47 Å². The average molecular weight is 753 g/mol. The van der Waals surface area contributed by atoms with Crippen LogP contribution >= 0.6 is 11.6 Å². The van der Waals surface area contributed by atoms with Gasteiger partial charge in [-0.05, 0) is 63.5 Å². The fraction of sp³-hybridized carbons (Fsp3) is 0.514. The Kier molecular flexibility index (Phi) is 13.2. The van der Waals surface area contributed by atoms with Gasteiger partial charge in [-0.2, -0.15) is 5.26 Å². The van der Waals surface area contributed by atoms with Gasteiger partial charge in [-0.25, -0.2) is 27.8 Å². The summed E-state index contributed by atoms with van der Waals surface area (Å²) in [5.74, 6) is 0.0336. The molecule has 0 radical (unpaired) electrons. The summed E-state index contributed by atoms with van der Waals surface area (Å²) in [6, 6.07) is 7.36. The van der Waals surface area contributed by atoms with Crippen LogP contribution in [0.4, 0.5) is 20.7 Å². The van der Waals surface area contributed by atoms with Crippen LogP contribution in [-0.4, -0.2) is 83.5 Å². The number of nitriles is 1. The summed E-state index contributed by atoms with van der Waals surface area (Å²) in [5.41, 5.74) is 8.23. The van der Waals surface area contributed by atoms with Crippen molar-refractivity contribution in [2.75, 3.05) is 37.5 Å². The maximum absolute atomic E-state index is 14.0. The number of nitrogen functional groups attached to an aromatic ring is 1. The molecule has 2 fully saturated rings. The maximum atomic E-state index is 14.0. The summed E-state index contributed by atoms with van der Waals surface area (Å²) >= 11 is 6.35. The number of aliphatic hydroxyl groups excluding tert-OH is 1. The molecular weight excluding hydrogens is 706 g/mol. The van der Waals surface area contributed by atoms with Crippen LogP contribution in [0, 0.1) is 17.1 Å². The Morgan fingerprint density at radius 2 is 1.79 bits per heavy atom. The number of hydrogen-bond acceptors (Lipinski definition) is 11. The second-order valence-corrected chi connectivity index (χ2v) is 14.2. The molecule has 2 aliphatic rings. The molecule has 3 atom stereocenters. The summed E-state index contributed by atoms with van der Waals surface area (Å²) in [6.45, 7) is 11.9. The van der Waals surface area contributed by atoms with Crippen molar-refractivity contribution < 1.29 is 23.4 Å². The van der Waals surface area contributed by atoms with Gasteiger partial charge in [-0.3, -0.25) is 4.98 Å². The molecule has 4 N–H and O–H groups in total. The normalized spacial score (nSPS) is 17.6. The highest BCUT2D eigenvalue weighted by molar-refractivity contribution is 6.35. The van der Waals surface area contributed by atoms with Gasteiger partial charge in [0.05, 0.1) is 52.8 Å². The number of fused-ring (bicyclic) bond motifs is 2. The number of hydrogen-bond donors (Lipinski definition) is 3. The Morgan fingerprint density at radius 1 is 1.06 bits per heavy atom. The standard InChI is InChI=1S/C16H20ClN5O.C16H17F2N5.C5H10O2/c1-3-10(2)15-12(8-18)14(17)13-9-19-16(21-22(13)15)20-11-4-6-23-7-5-11;1-9(16(2,3)18)10-4-5-12(20-7-10)13-6-11(17)14-8-21-15(19)22-23(13)14;6-5-2-1-3-7-4-5/h9-11H,3-7H2,1-2H3,(H,20,21);4-9H,1-3H3,(H2,19,22);5-6H,1-4H2. The molecule has 284 valence electrons. The van der Waals surface area contributed by atoms with Crippen molar-refractivity contribution in [3.8, 4) is 17.5 Å². The van der Waals surface area contributed by atoms with Crippen molar-refractivity contribution in [3.05, 3.63) is 64.5 Å². The SMILES string of the molecule is CC(c1ccc(-c2cc(F)c3cnc(N)nn23)nc1)C(C)(C)F.CCC(C)c1c(C#N)c(Cl)c2cnc(NC3CCOCC3)nn12.OC1CCCOC1. The van der Waals surface area contributed by atoms with Crippen LogP contribution in [0.2, 0.25) is 5.02 Å². The van der Waals surface area contributed by atoms with E-state index in [0.29, 0.717) is 46.1 Å². The number of aromatic nitrogens is 7. The predicted molar refractivity (Wildman–Crippen MR) is 199 cm³/mol. The Bertz CT molecular complexity index is 2010. The average Bonchev–Trinajstić information content (AvgIpc) is 3.63. The number of nitrogens with zero attached hydrogens (tertiary/aromatic N) is 8. The number of halogens is 3. The Hall–Kier alpha value is -4.49. The van der Waals surface area contributed by atoms with Crippen molar-refractivity contribution in [2.24, 2.45) is 0 Å². The first-order valence-corrected chi connectivity index (χ1v) is 18.2. The zero-order valence-electron chi connectivity index (χ0n) is 30.7. The summed E-state index contributed by atoms with van der Waals surface area (Å²) in [7, 11) is 0. The van der Waals surface area contributed by atoms with Crippen LogP contribution in [0.15, 0.2) is 36.8 Å². The predicted octanol–water partition coefficient (Wildman–Crippen LogP) is 6.88. The lowest BCUT2D eigenvalue weighted by molar-refractivity contribution is -0.00535. The van der Waals surface area contributed by atoms with E-state index in [-0.39, 0.29) is 29.4 Å². The number of nitrogens with two attached hydrogens (primary N) is 1. The molecule has 7 heterocycles. The molecule has 3 unspecified atom stereocenters. The summed E-state index contributed by atoms with van der Waals surface area (Å²) in [5, 5.41) is 30.6. The number of aliphatic hydroxyl groups is 1. The highest BCUT2D eigenvalue weighted by Gasteiger charge is 2.27. The van der Waals surface area contributed by atoms with Crippen molar-refractivity contribution in [2.45, 2.75) is 96.4 Å². The second-order valence-electron chi connectivity index (χ2n) is 13.8. The lowest BCUT2D eigenvalue weighted by Gasteiger charge is -2.23. The van der Waals surface area contributed by atoms with Gasteiger partial charge in [0.15, 0.2) is 5.82 Å².